The van der Waals surface area contributed by atoms with Gasteiger partial charge in [-0.05, 0) is 56.2 Å². The van der Waals surface area contributed by atoms with Gasteiger partial charge in [0, 0.05) is 41.2 Å². The molecule has 3 fully saturated rings. The third kappa shape index (κ3) is 4.62. The molecule has 5 rings (SSSR count). The van der Waals surface area contributed by atoms with Crippen LogP contribution in [0.2, 0.25) is 0 Å². The van der Waals surface area contributed by atoms with Gasteiger partial charge in [-0.3, -0.25) is 0 Å². The van der Waals surface area contributed by atoms with Crippen molar-refractivity contribution in [3.63, 3.8) is 0 Å². The van der Waals surface area contributed by atoms with Gasteiger partial charge in [0.1, 0.15) is 16.9 Å². The minimum absolute atomic E-state index is 0.00877. The normalized spacial score (nSPS) is 31.4. The minimum Gasteiger partial charge on any atom is -0.380 e. The monoisotopic (exact) mass is 518 g/mol. The van der Waals surface area contributed by atoms with Crippen molar-refractivity contribution in [2.75, 3.05) is 19.8 Å². The smallest absolute Gasteiger partial charge is 0.221 e. The van der Waals surface area contributed by atoms with Gasteiger partial charge in [-0.1, -0.05) is 44.2 Å². The van der Waals surface area contributed by atoms with Crippen LogP contribution in [0.1, 0.15) is 68.4 Å². The van der Waals surface area contributed by atoms with Crippen molar-refractivity contribution in [2.45, 2.75) is 69.8 Å². The first-order chi connectivity index (χ1) is 17.0. The van der Waals surface area contributed by atoms with Crippen LogP contribution >= 0.6 is 0 Å². The van der Waals surface area contributed by atoms with E-state index in [1.165, 1.54) is 16.4 Å². The first-order valence-electron chi connectivity index (χ1n) is 12.9. The Kier molecular flexibility index (Phi) is 6.77. The molecule has 0 amide bonds. The van der Waals surface area contributed by atoms with Gasteiger partial charge < -0.3 is 10.1 Å². The average molecular weight is 519 g/mol. The number of hydrogen-bond acceptors (Lipinski definition) is 4. The fourth-order valence-corrected chi connectivity index (χ4v) is 8.31. The van der Waals surface area contributed by atoms with Crippen molar-refractivity contribution < 1.29 is 21.9 Å². The Balaban J connectivity index is 1.40. The van der Waals surface area contributed by atoms with Crippen LogP contribution in [0.3, 0.4) is 0 Å². The highest BCUT2D eigenvalue weighted by molar-refractivity contribution is 7.89. The molecule has 0 radical (unpaired) electrons. The second-order valence-corrected chi connectivity index (χ2v) is 13.7. The van der Waals surface area contributed by atoms with Crippen molar-refractivity contribution in [2.24, 2.45) is 11.3 Å². The van der Waals surface area contributed by atoms with Gasteiger partial charge in [0.2, 0.25) is 10.0 Å². The maximum atomic E-state index is 15.6. The van der Waals surface area contributed by atoms with Gasteiger partial charge in [0.25, 0.3) is 0 Å². The summed E-state index contributed by atoms with van der Waals surface area (Å²) in [6.45, 7) is 7.89. The molecule has 0 aromatic heterocycles. The number of sulfonamides is 1. The summed E-state index contributed by atoms with van der Waals surface area (Å²) in [5, 5.41) is 2.86. The molecule has 2 aromatic rings. The van der Waals surface area contributed by atoms with Crippen molar-refractivity contribution in [3.05, 3.63) is 70.8 Å². The van der Waals surface area contributed by atoms with Gasteiger partial charge in [0.15, 0.2) is 0 Å². The molecule has 1 aliphatic carbocycles. The summed E-state index contributed by atoms with van der Waals surface area (Å²) in [5.41, 5.74) is 0.540. The van der Waals surface area contributed by atoms with Crippen LogP contribution in [-0.2, 0) is 26.8 Å². The second kappa shape index (κ2) is 9.46. The molecule has 1 saturated carbocycles. The fourth-order valence-electron chi connectivity index (χ4n) is 6.12. The molecule has 3 aliphatic rings. The molecule has 2 saturated heterocycles. The molecular weight excluding hydrogens is 482 g/mol. The zero-order valence-corrected chi connectivity index (χ0v) is 22.1. The lowest BCUT2D eigenvalue weighted by molar-refractivity contribution is -0.105. The maximum absolute atomic E-state index is 15.6. The van der Waals surface area contributed by atoms with E-state index in [2.05, 4.69) is 19.2 Å². The zero-order chi connectivity index (χ0) is 25.7. The number of nitrogens with zero attached hydrogens (tertiary/aromatic N) is 1. The van der Waals surface area contributed by atoms with Crippen molar-refractivity contribution in [1.82, 2.24) is 9.62 Å². The van der Waals surface area contributed by atoms with Crippen molar-refractivity contribution in [1.29, 1.82) is 0 Å². The Bertz CT molecular complexity index is 1210. The summed E-state index contributed by atoms with van der Waals surface area (Å²) in [4.78, 5) is 0. The topological polar surface area (TPSA) is 58.6 Å². The van der Waals surface area contributed by atoms with Crippen LogP contribution < -0.4 is 5.32 Å². The Morgan fingerprint density at radius 1 is 1.06 bits per heavy atom. The van der Waals surface area contributed by atoms with Crippen LogP contribution in [0.5, 0.6) is 0 Å². The molecule has 0 unspecified atom stereocenters. The van der Waals surface area contributed by atoms with Crippen LogP contribution in [-0.4, -0.2) is 38.5 Å². The molecule has 8 heteroatoms. The molecule has 196 valence electrons. The van der Waals surface area contributed by atoms with Gasteiger partial charge in [0.05, 0.1) is 13.2 Å². The predicted molar refractivity (Wildman–Crippen MR) is 136 cm³/mol. The van der Waals surface area contributed by atoms with Crippen molar-refractivity contribution in [3.8, 4) is 0 Å². The Hall–Kier alpha value is -1.87. The molecule has 0 spiro atoms. The van der Waals surface area contributed by atoms with Crippen LogP contribution in [0.15, 0.2) is 42.5 Å². The lowest BCUT2D eigenvalue weighted by Crippen LogP contribution is -2.58. The average Bonchev–Trinajstić information content (AvgIpc) is 2.79. The van der Waals surface area contributed by atoms with E-state index in [1.54, 1.807) is 0 Å². The minimum atomic E-state index is -3.74. The molecule has 2 atom stereocenters. The third-order valence-electron chi connectivity index (χ3n) is 8.32. The highest BCUT2D eigenvalue weighted by atomic mass is 32.2. The summed E-state index contributed by atoms with van der Waals surface area (Å²) in [5.74, 6) is -0.628. The van der Waals surface area contributed by atoms with Crippen LogP contribution in [0.25, 0.3) is 0 Å². The SMILES string of the molecule is CC1CC(NCC2(C)COC2)(c2cc(F)c(CN3[C@@H](C)CC[C@H](c4ccccc4)S3(=O)=O)cc2F)C1. The van der Waals surface area contributed by atoms with E-state index in [9.17, 15) is 8.42 Å². The first kappa shape index (κ1) is 25.8. The summed E-state index contributed by atoms with van der Waals surface area (Å²) in [6.07, 6.45) is 2.64. The Morgan fingerprint density at radius 3 is 2.36 bits per heavy atom. The maximum Gasteiger partial charge on any atom is 0.221 e. The predicted octanol–water partition coefficient (Wildman–Crippen LogP) is 5.27. The third-order valence-corrected chi connectivity index (χ3v) is 10.7. The van der Waals surface area contributed by atoms with E-state index in [4.69, 9.17) is 4.74 Å². The van der Waals surface area contributed by atoms with E-state index in [0.717, 1.165) is 18.4 Å². The second-order valence-electron chi connectivity index (χ2n) is 11.6. The molecule has 5 nitrogen and oxygen atoms in total. The van der Waals surface area contributed by atoms with Crippen LogP contribution in [0.4, 0.5) is 8.78 Å². The Labute approximate surface area is 213 Å². The highest BCUT2D eigenvalue weighted by Crippen LogP contribution is 2.47. The molecule has 2 aliphatic heterocycles. The van der Waals surface area contributed by atoms with Gasteiger partial charge in [-0.2, -0.15) is 4.31 Å². The Morgan fingerprint density at radius 2 is 1.75 bits per heavy atom. The fraction of sp³-hybridized carbons (Fsp3) is 0.571. The van der Waals surface area contributed by atoms with E-state index in [0.29, 0.717) is 44.1 Å². The molecule has 1 N–H and O–H groups in total. The summed E-state index contributed by atoms with van der Waals surface area (Å²) >= 11 is 0. The number of nitrogens with one attached hydrogen (secondary N) is 1. The molecule has 2 aromatic carbocycles. The van der Waals surface area contributed by atoms with Gasteiger partial charge in [-0.25, -0.2) is 17.2 Å². The number of benzene rings is 2. The van der Waals surface area contributed by atoms with Crippen LogP contribution in [0, 0.1) is 23.0 Å². The van der Waals surface area contributed by atoms with Crippen molar-refractivity contribution >= 4 is 10.0 Å². The summed E-state index contributed by atoms with van der Waals surface area (Å²) < 4.78 is 64.8. The van der Waals surface area contributed by atoms with E-state index in [-0.39, 0.29) is 23.6 Å². The number of halogens is 2. The lowest BCUT2D eigenvalue weighted by atomic mass is 9.64. The van der Waals surface area contributed by atoms with Gasteiger partial charge >= 0.3 is 0 Å². The van der Waals surface area contributed by atoms with E-state index in [1.807, 2.05) is 37.3 Å². The first-order valence-corrected chi connectivity index (χ1v) is 14.4. The molecule has 2 heterocycles. The summed E-state index contributed by atoms with van der Waals surface area (Å²) in [6, 6.07) is 11.3. The highest BCUT2D eigenvalue weighted by Gasteiger charge is 2.47. The standard InChI is InChI=1S/C28H36F2N2O3S/c1-19-13-28(14-19,31-16-27(3)17-35-18-27)23-12-24(29)22(11-25(23)30)15-32-20(2)9-10-26(36(32,33)34)21-7-5-4-6-8-21/h4-8,11-12,19-20,26,31H,9-10,13-18H2,1-3H3/t19?,20-,26+,28?/m0/s1. The summed E-state index contributed by atoms with van der Waals surface area (Å²) in [7, 11) is -3.74. The molecule has 0 bridgehead atoms. The van der Waals surface area contributed by atoms with E-state index >= 15 is 8.78 Å². The zero-order valence-electron chi connectivity index (χ0n) is 21.3. The number of rotatable bonds is 7. The lowest BCUT2D eigenvalue weighted by Gasteiger charge is -2.50. The molecule has 36 heavy (non-hydrogen) atoms. The number of ether oxygens (including phenoxy) is 1. The molecular formula is C28H36F2N2O3S. The van der Waals surface area contributed by atoms with E-state index < -0.39 is 32.4 Å². The van der Waals surface area contributed by atoms with Gasteiger partial charge in [-0.15, -0.1) is 0 Å². The largest absolute Gasteiger partial charge is 0.380 e. The quantitative estimate of drug-likeness (QED) is 0.543. The number of hydrogen-bond donors (Lipinski definition) is 1.